The van der Waals surface area contributed by atoms with Gasteiger partial charge in [-0.05, 0) is 25.7 Å². The van der Waals surface area contributed by atoms with Crippen molar-refractivity contribution in [3.63, 3.8) is 0 Å². The van der Waals surface area contributed by atoms with E-state index in [-0.39, 0.29) is 6.10 Å². The van der Waals surface area contributed by atoms with Gasteiger partial charge in [0.05, 0.1) is 11.8 Å². The molecule has 1 atom stereocenters. The highest BCUT2D eigenvalue weighted by atomic mass is 16.5. The van der Waals surface area contributed by atoms with Crippen LogP contribution in [0.15, 0.2) is 10.6 Å². The summed E-state index contributed by atoms with van der Waals surface area (Å²) >= 11 is 0. The molecule has 0 aliphatic heterocycles. The number of aromatic nitrogens is 1. The molecule has 4 heteroatoms. The maximum absolute atomic E-state index is 5.69. The highest BCUT2D eigenvalue weighted by Crippen LogP contribution is 2.19. The van der Waals surface area contributed by atoms with Gasteiger partial charge in [-0.15, -0.1) is 0 Å². The second kappa shape index (κ2) is 5.65. The molecule has 1 N–H and O–H groups in total. The van der Waals surface area contributed by atoms with Crippen molar-refractivity contribution in [3.05, 3.63) is 17.5 Å². The van der Waals surface area contributed by atoms with E-state index in [1.807, 2.05) is 6.07 Å². The van der Waals surface area contributed by atoms with Crippen LogP contribution in [0, 0.1) is 5.92 Å². The molecular formula is C13H22N2O2. The zero-order valence-corrected chi connectivity index (χ0v) is 10.9. The van der Waals surface area contributed by atoms with Gasteiger partial charge in [-0.25, -0.2) is 0 Å². The number of nitrogens with zero attached hydrogens (tertiary/aromatic N) is 1. The Morgan fingerprint density at radius 2 is 2.24 bits per heavy atom. The Bertz CT molecular complexity index is 345. The third-order valence-electron chi connectivity index (χ3n) is 3.18. The maximum atomic E-state index is 5.69. The normalized spacial score (nSPS) is 17.6. The number of hydrogen-bond acceptors (Lipinski definition) is 4. The van der Waals surface area contributed by atoms with Crippen LogP contribution >= 0.6 is 0 Å². The van der Waals surface area contributed by atoms with Crippen molar-refractivity contribution >= 4 is 0 Å². The molecule has 0 radical (unpaired) electrons. The highest BCUT2D eigenvalue weighted by Gasteiger charge is 2.20. The Kier molecular flexibility index (Phi) is 4.18. The summed E-state index contributed by atoms with van der Waals surface area (Å²) in [6.07, 6.45) is 2.83. The number of nitrogens with one attached hydrogen (secondary N) is 1. The second-order valence-corrected chi connectivity index (χ2v) is 5.20. The van der Waals surface area contributed by atoms with E-state index in [1.54, 1.807) is 0 Å². The van der Waals surface area contributed by atoms with E-state index >= 15 is 0 Å². The average molecular weight is 238 g/mol. The highest BCUT2D eigenvalue weighted by molar-refractivity contribution is 5.05. The molecule has 0 spiro atoms. The largest absolute Gasteiger partial charge is 0.370 e. The van der Waals surface area contributed by atoms with Crippen LogP contribution in [-0.2, 0) is 17.9 Å². The topological polar surface area (TPSA) is 47.3 Å². The summed E-state index contributed by atoms with van der Waals surface area (Å²) in [6, 6.07) is 2.68. The van der Waals surface area contributed by atoms with E-state index < -0.39 is 0 Å². The predicted octanol–water partition coefficient (Wildman–Crippen LogP) is 2.49. The Morgan fingerprint density at radius 1 is 1.47 bits per heavy atom. The SMILES string of the molecule is CC(C)C(C)OCc1cc(CNC2CC2)no1. The fourth-order valence-corrected chi connectivity index (χ4v) is 1.45. The molecule has 1 aromatic rings. The van der Waals surface area contributed by atoms with Gasteiger partial charge in [-0.1, -0.05) is 19.0 Å². The van der Waals surface area contributed by atoms with Gasteiger partial charge in [-0.3, -0.25) is 0 Å². The third-order valence-corrected chi connectivity index (χ3v) is 3.18. The smallest absolute Gasteiger partial charge is 0.162 e. The Morgan fingerprint density at radius 3 is 2.88 bits per heavy atom. The van der Waals surface area contributed by atoms with E-state index in [9.17, 15) is 0 Å². The van der Waals surface area contributed by atoms with Gasteiger partial charge in [0.15, 0.2) is 5.76 Å². The molecule has 1 unspecified atom stereocenters. The van der Waals surface area contributed by atoms with Gasteiger partial charge in [0.25, 0.3) is 0 Å². The second-order valence-electron chi connectivity index (χ2n) is 5.20. The molecule has 4 nitrogen and oxygen atoms in total. The van der Waals surface area contributed by atoms with Crippen molar-refractivity contribution in [3.8, 4) is 0 Å². The monoisotopic (exact) mass is 238 g/mol. The minimum atomic E-state index is 0.244. The molecular weight excluding hydrogens is 216 g/mol. The minimum absolute atomic E-state index is 0.244. The summed E-state index contributed by atoms with van der Waals surface area (Å²) in [5.74, 6) is 1.33. The van der Waals surface area contributed by atoms with Crippen LogP contribution in [0.25, 0.3) is 0 Å². The molecule has 17 heavy (non-hydrogen) atoms. The lowest BCUT2D eigenvalue weighted by Crippen LogP contribution is -2.15. The number of rotatable bonds is 7. The van der Waals surface area contributed by atoms with Gasteiger partial charge in [-0.2, -0.15) is 0 Å². The molecule has 1 aromatic heterocycles. The minimum Gasteiger partial charge on any atom is -0.370 e. The van der Waals surface area contributed by atoms with E-state index in [1.165, 1.54) is 12.8 Å². The Balaban J connectivity index is 1.73. The van der Waals surface area contributed by atoms with Crippen molar-refractivity contribution < 1.29 is 9.26 Å². The maximum Gasteiger partial charge on any atom is 0.162 e. The van der Waals surface area contributed by atoms with Crippen molar-refractivity contribution in [2.75, 3.05) is 0 Å². The first-order valence-corrected chi connectivity index (χ1v) is 6.44. The quantitative estimate of drug-likeness (QED) is 0.792. The molecule has 1 saturated carbocycles. The van der Waals surface area contributed by atoms with Crippen molar-refractivity contribution in [1.82, 2.24) is 10.5 Å². The standard InChI is InChI=1S/C13H22N2O2/c1-9(2)10(3)16-8-13-6-12(15-17-13)7-14-11-4-5-11/h6,9-11,14H,4-5,7-8H2,1-3H3. The first-order valence-electron chi connectivity index (χ1n) is 6.44. The van der Waals surface area contributed by atoms with Gasteiger partial charge in [0.2, 0.25) is 0 Å². The summed E-state index contributed by atoms with van der Waals surface area (Å²) in [5.41, 5.74) is 0.965. The molecule has 0 saturated heterocycles. The van der Waals surface area contributed by atoms with Crippen LogP contribution in [-0.4, -0.2) is 17.3 Å². The summed E-state index contributed by atoms with van der Waals surface area (Å²) in [7, 11) is 0. The first kappa shape index (κ1) is 12.6. The Hall–Kier alpha value is -0.870. The average Bonchev–Trinajstić information content (AvgIpc) is 3.02. The lowest BCUT2D eigenvalue weighted by molar-refractivity contribution is 0.0127. The lowest BCUT2D eigenvalue weighted by atomic mass is 10.1. The Labute approximate surface area is 103 Å². The van der Waals surface area contributed by atoms with Gasteiger partial charge >= 0.3 is 0 Å². The van der Waals surface area contributed by atoms with Crippen LogP contribution in [0.2, 0.25) is 0 Å². The molecule has 1 fully saturated rings. The number of ether oxygens (including phenoxy) is 1. The van der Waals surface area contributed by atoms with Gasteiger partial charge < -0.3 is 14.6 Å². The van der Waals surface area contributed by atoms with Crippen molar-refractivity contribution in [2.24, 2.45) is 5.92 Å². The fraction of sp³-hybridized carbons (Fsp3) is 0.769. The van der Waals surface area contributed by atoms with E-state index in [2.05, 4.69) is 31.2 Å². The fourth-order valence-electron chi connectivity index (χ4n) is 1.45. The third kappa shape index (κ3) is 4.13. The summed E-state index contributed by atoms with van der Waals surface area (Å²) < 4.78 is 10.9. The zero-order chi connectivity index (χ0) is 12.3. The summed E-state index contributed by atoms with van der Waals surface area (Å²) in [4.78, 5) is 0. The van der Waals surface area contributed by atoms with Gasteiger partial charge in [0.1, 0.15) is 6.61 Å². The molecule has 0 bridgehead atoms. The van der Waals surface area contributed by atoms with Crippen molar-refractivity contribution in [2.45, 2.75) is 58.9 Å². The van der Waals surface area contributed by atoms with Gasteiger partial charge in [0, 0.05) is 18.7 Å². The molecule has 1 heterocycles. The zero-order valence-electron chi connectivity index (χ0n) is 10.9. The first-order chi connectivity index (χ1) is 8.15. The van der Waals surface area contributed by atoms with Crippen LogP contribution in [0.4, 0.5) is 0 Å². The summed E-state index contributed by atoms with van der Waals surface area (Å²) in [5, 5.41) is 7.43. The van der Waals surface area contributed by atoms with E-state index in [4.69, 9.17) is 9.26 Å². The van der Waals surface area contributed by atoms with Crippen LogP contribution in [0.5, 0.6) is 0 Å². The number of hydrogen-bond donors (Lipinski definition) is 1. The summed E-state index contributed by atoms with van der Waals surface area (Å²) in [6.45, 7) is 7.69. The van der Waals surface area contributed by atoms with Crippen LogP contribution in [0.1, 0.15) is 45.1 Å². The van der Waals surface area contributed by atoms with Crippen molar-refractivity contribution in [1.29, 1.82) is 0 Å². The van der Waals surface area contributed by atoms with Crippen LogP contribution in [0.3, 0.4) is 0 Å². The lowest BCUT2D eigenvalue weighted by Gasteiger charge is -2.14. The molecule has 1 aliphatic carbocycles. The molecule has 96 valence electrons. The predicted molar refractivity (Wildman–Crippen MR) is 65.5 cm³/mol. The van der Waals surface area contributed by atoms with E-state index in [0.717, 1.165) is 18.0 Å². The van der Waals surface area contributed by atoms with E-state index in [0.29, 0.717) is 18.6 Å². The molecule has 2 rings (SSSR count). The van der Waals surface area contributed by atoms with Crippen LogP contribution < -0.4 is 5.32 Å². The molecule has 0 aromatic carbocycles. The molecule has 1 aliphatic rings. The molecule has 0 amide bonds.